The minimum atomic E-state index is -1.89. The van der Waals surface area contributed by atoms with Crippen molar-refractivity contribution >= 4 is 23.6 Å². The summed E-state index contributed by atoms with van der Waals surface area (Å²) in [4.78, 5) is 24.6. The van der Waals surface area contributed by atoms with Gasteiger partial charge in [-0.05, 0) is 0 Å². The number of thioether (sulfide) groups is 1. The summed E-state index contributed by atoms with van der Waals surface area (Å²) in [6, 6.07) is -0.950. The number of hydrogen-bond acceptors (Lipinski definition) is 8. The molecule has 1 amide bonds. The van der Waals surface area contributed by atoms with Gasteiger partial charge in [-0.3, -0.25) is 4.79 Å². The summed E-state index contributed by atoms with van der Waals surface area (Å²) < 4.78 is 4.56. The van der Waals surface area contributed by atoms with Crippen LogP contribution in [-0.4, -0.2) is 85.9 Å². The number of hydrogen-bond donors (Lipinski definition) is 4. The highest BCUT2D eigenvalue weighted by Gasteiger charge is 2.54. The third-order valence-electron chi connectivity index (χ3n) is 3.33. The zero-order chi connectivity index (χ0) is 14.3. The number of carbonyl (C=O) groups is 2. The molecule has 8 nitrogen and oxygen atoms in total. The van der Waals surface area contributed by atoms with Gasteiger partial charge in [0.25, 0.3) is 5.91 Å². The van der Waals surface area contributed by atoms with Gasteiger partial charge in [-0.15, -0.1) is 11.8 Å². The van der Waals surface area contributed by atoms with E-state index >= 15 is 0 Å². The first-order valence-electron chi connectivity index (χ1n) is 5.64. The molecule has 4 N–H and O–H groups in total. The molecule has 2 aliphatic rings. The molecule has 0 bridgehead atoms. The maximum absolute atomic E-state index is 12.0. The number of esters is 1. The van der Waals surface area contributed by atoms with E-state index in [1.807, 2.05) is 0 Å². The predicted octanol–water partition coefficient (Wildman–Crippen LogP) is -3.11. The van der Waals surface area contributed by atoms with Crippen molar-refractivity contribution in [3.05, 3.63) is 0 Å². The van der Waals surface area contributed by atoms with Gasteiger partial charge in [0.15, 0.2) is 6.10 Å². The standard InChI is InChI=1S/C10H15NO7S/c1-18-10(17)3-2-19-9-7(15)5(13)4(12)6(14)8(16)11(3)9/h3-7,9,12-15H,2H2,1H3/t3-,4-,5-,6-,7+,9+/m0/s1. The molecule has 0 spiro atoms. The first-order chi connectivity index (χ1) is 8.90. The Labute approximate surface area is 113 Å². The summed E-state index contributed by atoms with van der Waals surface area (Å²) in [5, 5.41) is 37.9. The van der Waals surface area contributed by atoms with Gasteiger partial charge in [0.05, 0.1) is 7.11 Å². The van der Waals surface area contributed by atoms with Crippen molar-refractivity contribution in [2.24, 2.45) is 0 Å². The highest BCUT2D eigenvalue weighted by molar-refractivity contribution is 8.00. The van der Waals surface area contributed by atoms with Gasteiger partial charge in [-0.1, -0.05) is 0 Å². The molecule has 9 heteroatoms. The van der Waals surface area contributed by atoms with Crippen molar-refractivity contribution < 1.29 is 34.8 Å². The second-order valence-electron chi connectivity index (χ2n) is 4.42. The van der Waals surface area contributed by atoms with Gasteiger partial charge in [0.2, 0.25) is 0 Å². The number of rotatable bonds is 1. The van der Waals surface area contributed by atoms with Crippen LogP contribution in [0.5, 0.6) is 0 Å². The monoisotopic (exact) mass is 293 g/mol. The van der Waals surface area contributed by atoms with Crippen LogP contribution in [-0.2, 0) is 14.3 Å². The first-order valence-corrected chi connectivity index (χ1v) is 6.69. The minimum Gasteiger partial charge on any atom is -0.467 e. The van der Waals surface area contributed by atoms with Crippen LogP contribution >= 0.6 is 11.8 Å². The average Bonchev–Trinajstić information content (AvgIpc) is 2.84. The van der Waals surface area contributed by atoms with E-state index in [1.54, 1.807) is 0 Å². The highest BCUT2D eigenvalue weighted by Crippen LogP contribution is 2.36. The summed E-state index contributed by atoms with van der Waals surface area (Å²) in [5.74, 6) is -1.39. The Balaban J connectivity index is 2.35. The molecule has 108 valence electrons. The van der Waals surface area contributed by atoms with Crippen LogP contribution in [0.4, 0.5) is 0 Å². The van der Waals surface area contributed by atoms with E-state index in [0.29, 0.717) is 0 Å². The van der Waals surface area contributed by atoms with E-state index in [-0.39, 0.29) is 5.75 Å². The van der Waals surface area contributed by atoms with Crippen LogP contribution in [0.25, 0.3) is 0 Å². The SMILES string of the molecule is COC(=O)[C@@H]1CS[C@@H]2[C@H](O)[C@@H](O)[C@H](O)[C@H](O)C(=O)N21. The molecule has 19 heavy (non-hydrogen) atoms. The normalized spacial score (nSPS) is 42.8. The van der Waals surface area contributed by atoms with Crippen molar-refractivity contribution in [1.29, 1.82) is 0 Å². The molecule has 2 rings (SSSR count). The molecule has 0 aromatic rings. The highest BCUT2D eigenvalue weighted by atomic mass is 32.2. The number of aliphatic hydroxyl groups is 4. The molecular weight excluding hydrogens is 278 g/mol. The van der Waals surface area contributed by atoms with Gasteiger partial charge in [-0.25, -0.2) is 4.79 Å². The zero-order valence-corrected chi connectivity index (χ0v) is 10.9. The van der Waals surface area contributed by atoms with Crippen molar-refractivity contribution in [3.63, 3.8) is 0 Å². The van der Waals surface area contributed by atoms with Crippen LogP contribution in [0.2, 0.25) is 0 Å². The molecule has 6 atom stereocenters. The topological polar surface area (TPSA) is 128 Å². The van der Waals surface area contributed by atoms with Crippen molar-refractivity contribution in [3.8, 4) is 0 Å². The Morgan fingerprint density at radius 3 is 2.47 bits per heavy atom. The Hall–Kier alpha value is -0.870. The van der Waals surface area contributed by atoms with Crippen molar-refractivity contribution in [2.75, 3.05) is 12.9 Å². The predicted molar refractivity (Wildman–Crippen MR) is 62.9 cm³/mol. The molecule has 0 aromatic carbocycles. The van der Waals surface area contributed by atoms with E-state index in [2.05, 4.69) is 4.74 Å². The summed E-state index contributed by atoms with van der Waals surface area (Å²) in [7, 11) is 1.17. The largest absolute Gasteiger partial charge is 0.467 e. The fourth-order valence-electron chi connectivity index (χ4n) is 2.24. The first kappa shape index (κ1) is 14.5. The number of ether oxygens (including phenoxy) is 1. The number of methoxy groups -OCH3 is 1. The van der Waals surface area contributed by atoms with Crippen LogP contribution in [0, 0.1) is 0 Å². The number of aliphatic hydroxyl groups excluding tert-OH is 4. The van der Waals surface area contributed by atoms with Crippen LogP contribution in [0.3, 0.4) is 0 Å². The maximum Gasteiger partial charge on any atom is 0.329 e. The Bertz CT molecular complexity index is 392. The molecule has 2 fully saturated rings. The summed E-state index contributed by atoms with van der Waals surface area (Å²) in [5.41, 5.74) is 0. The zero-order valence-electron chi connectivity index (χ0n) is 10.0. The summed E-state index contributed by atoms with van der Waals surface area (Å²) >= 11 is 1.08. The second kappa shape index (κ2) is 5.25. The van der Waals surface area contributed by atoms with Gasteiger partial charge in [0.1, 0.15) is 29.7 Å². The van der Waals surface area contributed by atoms with Gasteiger partial charge in [0, 0.05) is 5.75 Å². The average molecular weight is 293 g/mol. The van der Waals surface area contributed by atoms with Crippen LogP contribution in [0.1, 0.15) is 0 Å². The minimum absolute atomic E-state index is 0.190. The van der Waals surface area contributed by atoms with Gasteiger partial charge >= 0.3 is 5.97 Å². The van der Waals surface area contributed by atoms with E-state index in [1.165, 1.54) is 7.11 Å². The lowest BCUT2D eigenvalue weighted by Gasteiger charge is -2.29. The van der Waals surface area contributed by atoms with Gasteiger partial charge < -0.3 is 30.1 Å². The lowest BCUT2D eigenvalue weighted by atomic mass is 10.1. The van der Waals surface area contributed by atoms with Gasteiger partial charge in [-0.2, -0.15) is 0 Å². The molecule has 0 unspecified atom stereocenters. The quantitative estimate of drug-likeness (QED) is 0.374. The Morgan fingerprint density at radius 2 is 1.89 bits per heavy atom. The van der Waals surface area contributed by atoms with Crippen molar-refractivity contribution in [2.45, 2.75) is 35.8 Å². The van der Waals surface area contributed by atoms with E-state index < -0.39 is 47.7 Å². The Kier molecular flexibility index (Phi) is 4.02. The lowest BCUT2D eigenvalue weighted by Crippen LogP contribution is -2.51. The third kappa shape index (κ3) is 2.21. The molecular formula is C10H15NO7S. The van der Waals surface area contributed by atoms with Crippen LogP contribution < -0.4 is 0 Å². The fourth-order valence-corrected chi connectivity index (χ4v) is 3.69. The fraction of sp³-hybridized carbons (Fsp3) is 0.800. The molecule has 0 saturated carbocycles. The van der Waals surface area contributed by atoms with Crippen molar-refractivity contribution in [1.82, 2.24) is 4.90 Å². The summed E-state index contributed by atoms with van der Waals surface area (Å²) in [6.07, 6.45) is -6.82. The number of carbonyl (C=O) groups excluding carboxylic acids is 2. The number of nitrogens with zero attached hydrogens (tertiary/aromatic N) is 1. The number of fused-ring (bicyclic) bond motifs is 1. The maximum atomic E-state index is 12.0. The lowest BCUT2D eigenvalue weighted by molar-refractivity contribution is -0.157. The molecule has 0 aromatic heterocycles. The molecule has 2 aliphatic heterocycles. The molecule has 0 aliphatic carbocycles. The van der Waals surface area contributed by atoms with Crippen LogP contribution in [0.15, 0.2) is 0 Å². The van der Waals surface area contributed by atoms with E-state index in [4.69, 9.17) is 0 Å². The number of amides is 1. The third-order valence-corrected chi connectivity index (χ3v) is 4.69. The summed E-state index contributed by atoms with van der Waals surface area (Å²) in [6.45, 7) is 0. The molecule has 2 heterocycles. The molecule has 2 saturated heterocycles. The second-order valence-corrected chi connectivity index (χ2v) is 5.57. The smallest absolute Gasteiger partial charge is 0.329 e. The van der Waals surface area contributed by atoms with E-state index in [0.717, 1.165) is 16.7 Å². The Morgan fingerprint density at radius 1 is 1.26 bits per heavy atom. The molecule has 0 radical (unpaired) electrons. The van der Waals surface area contributed by atoms with E-state index in [9.17, 15) is 30.0 Å².